The fourth-order valence-electron chi connectivity index (χ4n) is 1.92. The second-order valence-corrected chi connectivity index (χ2v) is 5.91. The Morgan fingerprint density at radius 1 is 1.14 bits per heavy atom. The van der Waals surface area contributed by atoms with Gasteiger partial charge in [-0.1, -0.05) is 0 Å². The number of hydrogen-bond donors (Lipinski definition) is 2. The summed E-state index contributed by atoms with van der Waals surface area (Å²) < 4.78 is 10.3. The van der Waals surface area contributed by atoms with Gasteiger partial charge in [0, 0.05) is 68.3 Å². The first kappa shape index (κ1) is 18.8. The predicted octanol–water partition coefficient (Wildman–Crippen LogP) is -0.607. The topological polar surface area (TPSA) is 79.9 Å². The van der Waals surface area contributed by atoms with Crippen LogP contribution in [0.4, 0.5) is 0 Å². The van der Waals surface area contributed by atoms with Crippen LogP contribution in [0.25, 0.3) is 0 Å². The van der Waals surface area contributed by atoms with Crippen molar-refractivity contribution in [1.82, 2.24) is 15.5 Å². The van der Waals surface area contributed by atoms with Gasteiger partial charge in [0.2, 0.25) is 9.70 Å². The molecule has 2 N–H and O–H groups in total. The van der Waals surface area contributed by atoms with E-state index in [9.17, 15) is 9.59 Å². The first-order chi connectivity index (χ1) is 10.2. The van der Waals surface area contributed by atoms with E-state index in [1.54, 1.807) is 22.6 Å². The Balaban J connectivity index is 1.85. The molecule has 1 saturated heterocycles. The molecule has 0 aromatic rings. The SMILES string of the molecule is O=C(I)COCCOCCNC(=O)CCN1CCNCC1. The van der Waals surface area contributed by atoms with Crippen molar-refractivity contribution in [3.8, 4) is 0 Å². The zero-order valence-electron chi connectivity index (χ0n) is 12.2. The Hall–Kier alpha value is -0.290. The lowest BCUT2D eigenvalue weighted by molar-refractivity contribution is -0.121. The minimum atomic E-state index is -0.0237. The number of carbonyl (C=O) groups is 2. The molecule has 0 aliphatic carbocycles. The molecule has 1 amide bonds. The summed E-state index contributed by atoms with van der Waals surface area (Å²) in [5.41, 5.74) is 0. The molecule has 7 nitrogen and oxygen atoms in total. The standard InChI is InChI=1S/C13H24IN3O4/c14-12(18)11-21-10-9-20-8-4-16-13(19)1-5-17-6-2-15-3-7-17/h15H,1-11H2,(H,16,19). The van der Waals surface area contributed by atoms with E-state index in [0.717, 1.165) is 32.7 Å². The number of halogens is 1. The Labute approximate surface area is 139 Å². The summed E-state index contributed by atoms with van der Waals surface area (Å²) >= 11 is 1.69. The number of hydrogen-bond acceptors (Lipinski definition) is 6. The van der Waals surface area contributed by atoms with E-state index in [-0.39, 0.29) is 16.3 Å². The summed E-state index contributed by atoms with van der Waals surface area (Å²) in [7, 11) is 0. The molecule has 122 valence electrons. The van der Waals surface area contributed by atoms with Crippen LogP contribution in [0.15, 0.2) is 0 Å². The summed E-state index contributed by atoms with van der Waals surface area (Å²) in [4.78, 5) is 24.5. The summed E-state index contributed by atoms with van der Waals surface area (Å²) in [6.45, 7) is 6.74. The summed E-state index contributed by atoms with van der Waals surface area (Å²) in [5.74, 6) is 0.0592. The second-order valence-electron chi connectivity index (χ2n) is 4.71. The predicted molar refractivity (Wildman–Crippen MR) is 87.6 cm³/mol. The smallest absolute Gasteiger partial charge is 0.221 e. The zero-order chi connectivity index (χ0) is 15.3. The van der Waals surface area contributed by atoms with Gasteiger partial charge >= 0.3 is 0 Å². The van der Waals surface area contributed by atoms with Crippen LogP contribution in [0.5, 0.6) is 0 Å². The van der Waals surface area contributed by atoms with Crippen molar-refractivity contribution in [2.24, 2.45) is 0 Å². The summed E-state index contributed by atoms with van der Waals surface area (Å²) in [6, 6.07) is 0. The largest absolute Gasteiger partial charge is 0.377 e. The number of amides is 1. The number of nitrogens with zero attached hydrogens (tertiary/aromatic N) is 1. The first-order valence-corrected chi connectivity index (χ1v) is 8.30. The molecule has 0 radical (unpaired) electrons. The third-order valence-corrected chi connectivity index (χ3v) is 3.33. The van der Waals surface area contributed by atoms with E-state index >= 15 is 0 Å². The molecule has 0 atom stereocenters. The minimum absolute atomic E-state index is 0.0237. The molecular formula is C13H24IN3O4. The van der Waals surface area contributed by atoms with Gasteiger partial charge in [-0.3, -0.25) is 9.59 Å². The molecule has 1 fully saturated rings. The Kier molecular flexibility index (Phi) is 11.0. The lowest BCUT2D eigenvalue weighted by Gasteiger charge is -2.26. The summed E-state index contributed by atoms with van der Waals surface area (Å²) in [6.07, 6.45) is 0.529. The maximum atomic E-state index is 11.6. The van der Waals surface area contributed by atoms with Gasteiger partial charge in [0.15, 0.2) is 0 Å². The molecule has 8 heteroatoms. The van der Waals surface area contributed by atoms with Gasteiger partial charge in [-0.2, -0.15) is 0 Å². The molecule has 0 aromatic carbocycles. The van der Waals surface area contributed by atoms with Crippen LogP contribution in [0.3, 0.4) is 0 Å². The van der Waals surface area contributed by atoms with Crippen molar-refractivity contribution < 1.29 is 19.1 Å². The second kappa shape index (κ2) is 12.3. The monoisotopic (exact) mass is 413 g/mol. The third kappa shape index (κ3) is 11.0. The van der Waals surface area contributed by atoms with Crippen LogP contribution in [-0.4, -0.2) is 80.3 Å². The lowest BCUT2D eigenvalue weighted by Crippen LogP contribution is -2.44. The van der Waals surface area contributed by atoms with E-state index in [1.807, 2.05) is 0 Å². The maximum Gasteiger partial charge on any atom is 0.221 e. The molecule has 0 spiro atoms. The van der Waals surface area contributed by atoms with Gasteiger partial charge in [0.05, 0.1) is 19.8 Å². The van der Waals surface area contributed by atoms with Gasteiger partial charge in [0.1, 0.15) is 6.61 Å². The lowest BCUT2D eigenvalue weighted by atomic mass is 10.3. The van der Waals surface area contributed by atoms with Crippen LogP contribution in [0, 0.1) is 0 Å². The molecule has 0 aromatic heterocycles. The normalized spacial score (nSPS) is 15.9. The molecular weight excluding hydrogens is 389 g/mol. The van der Waals surface area contributed by atoms with Crippen LogP contribution in [0.1, 0.15) is 6.42 Å². The van der Waals surface area contributed by atoms with Crippen LogP contribution >= 0.6 is 22.6 Å². The molecule has 0 bridgehead atoms. The summed E-state index contributed by atoms with van der Waals surface area (Å²) in [5, 5.41) is 6.11. The van der Waals surface area contributed by atoms with Crippen LogP contribution < -0.4 is 10.6 Å². The van der Waals surface area contributed by atoms with E-state index in [2.05, 4.69) is 15.5 Å². The molecule has 1 heterocycles. The van der Waals surface area contributed by atoms with Gasteiger partial charge in [-0.05, 0) is 0 Å². The van der Waals surface area contributed by atoms with Crippen molar-refractivity contribution >= 4 is 32.3 Å². The third-order valence-electron chi connectivity index (χ3n) is 3.02. The zero-order valence-corrected chi connectivity index (χ0v) is 14.4. The molecule has 1 rings (SSSR count). The fourth-order valence-corrected chi connectivity index (χ4v) is 2.14. The van der Waals surface area contributed by atoms with E-state index in [0.29, 0.717) is 32.8 Å². The molecule has 1 aliphatic rings. The van der Waals surface area contributed by atoms with Gasteiger partial charge in [-0.15, -0.1) is 0 Å². The molecule has 1 aliphatic heterocycles. The Morgan fingerprint density at radius 2 is 1.86 bits per heavy atom. The highest BCUT2D eigenvalue weighted by atomic mass is 127. The van der Waals surface area contributed by atoms with Gasteiger partial charge in [-0.25, -0.2) is 0 Å². The average molecular weight is 413 g/mol. The Bertz CT molecular complexity index is 312. The average Bonchev–Trinajstić information content (AvgIpc) is 2.48. The van der Waals surface area contributed by atoms with E-state index in [1.165, 1.54) is 0 Å². The van der Waals surface area contributed by atoms with Crippen molar-refractivity contribution in [3.05, 3.63) is 0 Å². The van der Waals surface area contributed by atoms with Crippen molar-refractivity contribution in [2.45, 2.75) is 6.42 Å². The van der Waals surface area contributed by atoms with Crippen molar-refractivity contribution in [3.63, 3.8) is 0 Å². The van der Waals surface area contributed by atoms with Crippen molar-refractivity contribution in [2.75, 3.05) is 65.7 Å². The number of rotatable bonds is 11. The maximum absolute atomic E-state index is 11.6. The van der Waals surface area contributed by atoms with E-state index < -0.39 is 0 Å². The van der Waals surface area contributed by atoms with Crippen LogP contribution in [-0.2, 0) is 19.1 Å². The highest BCUT2D eigenvalue weighted by Gasteiger charge is 2.10. The van der Waals surface area contributed by atoms with Crippen LogP contribution in [0.2, 0.25) is 0 Å². The molecule has 0 saturated carbocycles. The number of piperazine rings is 1. The quantitative estimate of drug-likeness (QED) is 0.268. The number of carbonyl (C=O) groups excluding carboxylic acids is 2. The molecule has 0 unspecified atom stereocenters. The van der Waals surface area contributed by atoms with E-state index in [4.69, 9.17) is 9.47 Å². The number of nitrogens with one attached hydrogen (secondary N) is 2. The fraction of sp³-hybridized carbons (Fsp3) is 0.846. The molecule has 21 heavy (non-hydrogen) atoms. The minimum Gasteiger partial charge on any atom is -0.377 e. The first-order valence-electron chi connectivity index (χ1n) is 7.22. The highest BCUT2D eigenvalue weighted by Crippen LogP contribution is 1.94. The highest BCUT2D eigenvalue weighted by molar-refractivity contribution is 14.1. The van der Waals surface area contributed by atoms with Crippen molar-refractivity contribution in [1.29, 1.82) is 0 Å². The Morgan fingerprint density at radius 3 is 2.57 bits per heavy atom. The van der Waals surface area contributed by atoms with Gasteiger partial charge < -0.3 is 25.0 Å². The number of ether oxygens (including phenoxy) is 2. The van der Waals surface area contributed by atoms with Gasteiger partial charge in [0.25, 0.3) is 0 Å².